The van der Waals surface area contributed by atoms with Crippen molar-refractivity contribution in [2.45, 2.75) is 13.1 Å². The van der Waals surface area contributed by atoms with Crippen LogP contribution < -0.4 is 25.4 Å². The van der Waals surface area contributed by atoms with Crippen LogP contribution in [0, 0.1) is 0 Å². The number of thioether (sulfide) groups is 1. The summed E-state index contributed by atoms with van der Waals surface area (Å²) in [4.78, 5) is 18.0. The highest BCUT2D eigenvalue weighted by atomic mass is 32.2. The number of fused-ring (bicyclic) bond motifs is 2. The first-order chi connectivity index (χ1) is 14.7. The second kappa shape index (κ2) is 8.62. The molecule has 2 aromatic rings. The predicted octanol–water partition coefficient (Wildman–Crippen LogP) is 2.16. The number of ether oxygens (including phenoxy) is 2. The van der Waals surface area contributed by atoms with Gasteiger partial charge in [-0.3, -0.25) is 15.1 Å². The summed E-state index contributed by atoms with van der Waals surface area (Å²) in [7, 11) is 1.60. The van der Waals surface area contributed by atoms with Crippen molar-refractivity contribution in [2.75, 3.05) is 19.5 Å². The molecule has 2 aliphatic heterocycles. The number of nitrogens with zero attached hydrogens (tertiary/aromatic N) is 3. The Morgan fingerprint density at radius 1 is 1.27 bits per heavy atom. The highest BCUT2D eigenvalue weighted by molar-refractivity contribution is 8.14. The van der Waals surface area contributed by atoms with Gasteiger partial charge in [-0.05, 0) is 19.1 Å². The molecule has 1 amide bonds. The summed E-state index contributed by atoms with van der Waals surface area (Å²) < 4.78 is 11.4. The van der Waals surface area contributed by atoms with Crippen molar-refractivity contribution in [2.24, 2.45) is 10.1 Å². The average Bonchev–Trinajstić information content (AvgIpc) is 2.77. The van der Waals surface area contributed by atoms with Crippen LogP contribution in [0.1, 0.15) is 18.7 Å². The normalized spacial score (nSPS) is 17.2. The molecule has 1 atom stereocenters. The number of hydrazone groups is 1. The van der Waals surface area contributed by atoms with E-state index in [9.17, 15) is 4.79 Å². The molecule has 0 radical (unpaired) electrons. The molecule has 8 heteroatoms. The summed E-state index contributed by atoms with van der Waals surface area (Å²) in [6.07, 6.45) is 1.19. The lowest BCUT2D eigenvalue weighted by atomic mass is 10.1. The Balaban J connectivity index is 1.93. The zero-order valence-corrected chi connectivity index (χ0v) is 17.6. The second-order valence-corrected chi connectivity index (χ2v) is 7.49. The standard InChI is InChI=1S/C22H22N4O3S/c1-4-13-30-22-24-21(27)18-14-9-6-7-11-16(14)23-20(26(18)25-22)15-10-8-12-17(29-5-2)19(15)28-3/h4,6-12,20H,1,5,13H2,2-3H3,(H,24,25,27)/t20-/m0/s1. The van der Waals surface area contributed by atoms with Gasteiger partial charge in [0, 0.05) is 16.5 Å². The summed E-state index contributed by atoms with van der Waals surface area (Å²) in [5.74, 6) is 1.61. The summed E-state index contributed by atoms with van der Waals surface area (Å²) in [5, 5.41) is 11.2. The molecular weight excluding hydrogens is 400 g/mol. The van der Waals surface area contributed by atoms with E-state index < -0.39 is 6.17 Å². The number of rotatable bonds is 6. The van der Waals surface area contributed by atoms with Crippen LogP contribution in [0.5, 0.6) is 11.5 Å². The lowest BCUT2D eigenvalue weighted by Gasteiger charge is -2.34. The lowest BCUT2D eigenvalue weighted by molar-refractivity contribution is -0.116. The number of hydrogen-bond acceptors (Lipinski definition) is 7. The fourth-order valence-electron chi connectivity index (χ4n) is 3.46. The van der Waals surface area contributed by atoms with Gasteiger partial charge in [0.2, 0.25) is 0 Å². The SMILES string of the molecule is C=CCSC1=NN2C(=c3ccccc3=N[C@@H]2c2cccc(OCC)c2OC)C(=O)N1. The van der Waals surface area contributed by atoms with Gasteiger partial charge < -0.3 is 9.47 Å². The Morgan fingerprint density at radius 3 is 2.87 bits per heavy atom. The molecule has 2 heterocycles. The number of amidine groups is 1. The topological polar surface area (TPSA) is 75.5 Å². The Kier molecular flexibility index (Phi) is 5.76. The smallest absolute Gasteiger partial charge is 0.276 e. The van der Waals surface area contributed by atoms with Crippen molar-refractivity contribution in [1.82, 2.24) is 10.3 Å². The first-order valence-electron chi connectivity index (χ1n) is 9.57. The number of methoxy groups -OCH3 is 1. The predicted molar refractivity (Wildman–Crippen MR) is 118 cm³/mol. The van der Waals surface area contributed by atoms with Crippen LogP contribution in [0.2, 0.25) is 0 Å². The van der Waals surface area contributed by atoms with Crippen LogP contribution in [0.4, 0.5) is 0 Å². The third kappa shape index (κ3) is 3.54. The summed E-state index contributed by atoms with van der Waals surface area (Å²) in [5.41, 5.74) is 1.22. The minimum Gasteiger partial charge on any atom is -0.492 e. The number of carbonyl (C=O) groups is 1. The van der Waals surface area contributed by atoms with Gasteiger partial charge in [0.25, 0.3) is 5.91 Å². The third-order valence-electron chi connectivity index (χ3n) is 4.64. The Hall–Kier alpha value is -3.26. The van der Waals surface area contributed by atoms with Gasteiger partial charge >= 0.3 is 0 Å². The van der Waals surface area contributed by atoms with E-state index in [0.29, 0.717) is 34.7 Å². The second-order valence-electron chi connectivity index (χ2n) is 6.48. The fourth-order valence-corrected chi connectivity index (χ4v) is 4.04. The number of para-hydroxylation sites is 2. The summed E-state index contributed by atoms with van der Waals surface area (Å²) in [6, 6.07) is 13.2. The van der Waals surface area contributed by atoms with Gasteiger partial charge in [-0.15, -0.1) is 11.7 Å². The van der Waals surface area contributed by atoms with Gasteiger partial charge in [-0.25, -0.2) is 5.01 Å². The zero-order valence-electron chi connectivity index (χ0n) is 16.8. The highest BCUT2D eigenvalue weighted by Gasteiger charge is 2.36. The van der Waals surface area contributed by atoms with Crippen molar-refractivity contribution in [3.8, 4) is 11.5 Å². The maximum absolute atomic E-state index is 13.1. The molecular formula is C22H22N4O3S. The molecule has 2 aliphatic rings. The van der Waals surface area contributed by atoms with Crippen molar-refractivity contribution < 1.29 is 14.3 Å². The first-order valence-corrected chi connectivity index (χ1v) is 10.6. The van der Waals surface area contributed by atoms with Crippen LogP contribution in [0.15, 0.2) is 65.2 Å². The molecule has 0 bridgehead atoms. The van der Waals surface area contributed by atoms with Crippen LogP contribution in [0.25, 0.3) is 5.70 Å². The van der Waals surface area contributed by atoms with Crippen LogP contribution in [0.3, 0.4) is 0 Å². The number of carbonyl (C=O) groups excluding carboxylic acids is 1. The van der Waals surface area contributed by atoms with Gasteiger partial charge in [-0.1, -0.05) is 48.2 Å². The first kappa shape index (κ1) is 20.0. The molecule has 1 N–H and O–H groups in total. The largest absolute Gasteiger partial charge is 0.492 e. The Morgan fingerprint density at radius 2 is 2.10 bits per heavy atom. The number of benzene rings is 2. The Bertz CT molecular complexity index is 1150. The van der Waals surface area contributed by atoms with Crippen molar-refractivity contribution in [3.05, 3.63) is 71.3 Å². The zero-order chi connectivity index (χ0) is 21.1. The van der Waals surface area contributed by atoms with E-state index in [4.69, 9.17) is 19.6 Å². The minimum atomic E-state index is -0.573. The molecule has 7 nitrogen and oxygen atoms in total. The minimum absolute atomic E-state index is 0.219. The van der Waals surface area contributed by atoms with E-state index in [2.05, 4.69) is 11.9 Å². The number of hydrogen-bond donors (Lipinski definition) is 1. The van der Waals surface area contributed by atoms with E-state index in [0.717, 1.165) is 16.1 Å². The third-order valence-corrected chi connectivity index (χ3v) is 5.50. The quantitative estimate of drug-likeness (QED) is 0.722. The summed E-state index contributed by atoms with van der Waals surface area (Å²) in [6.45, 7) is 6.16. The van der Waals surface area contributed by atoms with E-state index in [1.54, 1.807) is 18.2 Å². The maximum atomic E-state index is 13.1. The molecule has 30 heavy (non-hydrogen) atoms. The molecule has 0 fully saturated rings. The van der Waals surface area contributed by atoms with Crippen molar-refractivity contribution in [3.63, 3.8) is 0 Å². The monoisotopic (exact) mass is 422 g/mol. The molecule has 0 aromatic heterocycles. The molecule has 154 valence electrons. The maximum Gasteiger partial charge on any atom is 0.276 e. The van der Waals surface area contributed by atoms with E-state index in [-0.39, 0.29) is 5.91 Å². The van der Waals surface area contributed by atoms with Crippen molar-refractivity contribution in [1.29, 1.82) is 0 Å². The lowest BCUT2D eigenvalue weighted by Crippen LogP contribution is -2.50. The number of amides is 1. The molecule has 0 aliphatic carbocycles. The molecule has 0 unspecified atom stereocenters. The fraction of sp³-hybridized carbons (Fsp3) is 0.227. The van der Waals surface area contributed by atoms with E-state index in [1.165, 1.54) is 11.8 Å². The van der Waals surface area contributed by atoms with Crippen LogP contribution in [-0.4, -0.2) is 35.6 Å². The summed E-state index contributed by atoms with van der Waals surface area (Å²) >= 11 is 1.40. The van der Waals surface area contributed by atoms with Gasteiger partial charge in [0.1, 0.15) is 5.70 Å². The van der Waals surface area contributed by atoms with Gasteiger partial charge in [-0.2, -0.15) is 0 Å². The molecule has 0 saturated heterocycles. The molecule has 4 rings (SSSR count). The molecule has 0 saturated carbocycles. The van der Waals surface area contributed by atoms with E-state index in [1.807, 2.05) is 49.4 Å². The van der Waals surface area contributed by atoms with Crippen LogP contribution in [-0.2, 0) is 4.79 Å². The molecule has 2 aromatic carbocycles. The Labute approximate surface area is 178 Å². The highest BCUT2D eigenvalue weighted by Crippen LogP contribution is 2.40. The van der Waals surface area contributed by atoms with Crippen LogP contribution >= 0.6 is 11.8 Å². The van der Waals surface area contributed by atoms with Crippen molar-refractivity contribution >= 4 is 28.5 Å². The molecule has 0 spiro atoms. The van der Waals surface area contributed by atoms with E-state index >= 15 is 0 Å². The number of nitrogens with one attached hydrogen (secondary N) is 1. The average molecular weight is 423 g/mol. The van der Waals surface area contributed by atoms with Gasteiger partial charge in [0.05, 0.1) is 19.1 Å². The van der Waals surface area contributed by atoms with Gasteiger partial charge in [0.15, 0.2) is 22.8 Å².